The number of nitrogens with one attached hydrogen (secondary N) is 1. The summed E-state index contributed by atoms with van der Waals surface area (Å²) in [5.41, 5.74) is 0.747. The molecule has 2 saturated heterocycles. The molecule has 2 aliphatic rings. The first-order valence-corrected chi connectivity index (χ1v) is 10.1. The second-order valence-corrected chi connectivity index (χ2v) is 8.83. The summed E-state index contributed by atoms with van der Waals surface area (Å²) in [7, 11) is -1.86. The molecule has 0 amide bonds. The maximum absolute atomic E-state index is 12.7. The Balaban J connectivity index is 1.78. The van der Waals surface area contributed by atoms with E-state index in [4.69, 9.17) is 32.8 Å². The van der Waals surface area contributed by atoms with Crippen LogP contribution >= 0.6 is 23.2 Å². The summed E-state index contributed by atoms with van der Waals surface area (Å²) in [4.78, 5) is 5.47. The van der Waals surface area contributed by atoms with E-state index in [2.05, 4.69) is 4.72 Å². The predicted octanol–water partition coefficient (Wildman–Crippen LogP) is 2.38. The molecule has 3 rings (SSSR count). The molecule has 3 unspecified atom stereocenters. The highest BCUT2D eigenvalue weighted by Gasteiger charge is 2.43. The highest BCUT2D eigenvalue weighted by Crippen LogP contribution is 2.36. The van der Waals surface area contributed by atoms with Crippen molar-refractivity contribution >= 4 is 33.2 Å². The minimum Gasteiger partial charge on any atom is -0.377 e. The van der Waals surface area contributed by atoms with Crippen LogP contribution in [-0.2, 0) is 19.6 Å². The zero-order valence-corrected chi connectivity index (χ0v) is 15.6. The summed E-state index contributed by atoms with van der Waals surface area (Å²) in [5.74, 6) is 0. The molecule has 0 spiro atoms. The maximum Gasteiger partial charge on any atom is 0.218 e. The van der Waals surface area contributed by atoms with E-state index < -0.39 is 21.3 Å². The largest absolute Gasteiger partial charge is 0.377 e. The number of hydrogen-bond donors (Lipinski definition) is 1. The quantitative estimate of drug-likeness (QED) is 0.829. The van der Waals surface area contributed by atoms with Crippen molar-refractivity contribution in [3.63, 3.8) is 0 Å². The molecule has 1 aromatic carbocycles. The number of hydrogen-bond acceptors (Lipinski definition) is 5. The predicted molar refractivity (Wildman–Crippen MR) is 92.6 cm³/mol. The topological polar surface area (TPSA) is 67.9 Å². The molecule has 0 aliphatic carbocycles. The van der Waals surface area contributed by atoms with Crippen molar-refractivity contribution in [2.45, 2.75) is 30.2 Å². The van der Waals surface area contributed by atoms with Crippen molar-refractivity contribution in [3.8, 4) is 0 Å². The van der Waals surface area contributed by atoms with Crippen LogP contribution in [-0.4, -0.2) is 51.6 Å². The first-order chi connectivity index (χ1) is 11.4. The van der Waals surface area contributed by atoms with Crippen molar-refractivity contribution in [2.75, 3.05) is 26.8 Å². The van der Waals surface area contributed by atoms with Crippen molar-refractivity contribution in [3.05, 3.63) is 33.8 Å². The van der Waals surface area contributed by atoms with Gasteiger partial charge in [-0.25, -0.2) is 13.1 Å². The minimum atomic E-state index is -3.57. The van der Waals surface area contributed by atoms with Gasteiger partial charge in [-0.05, 0) is 30.5 Å². The molecule has 1 N–H and O–H groups in total. The number of hydroxylamine groups is 2. The SMILES string of the molecule is CN1OCC(S(=O)(=O)NCC2CCCO2)C1c1ccc(Cl)c(Cl)c1. The molecule has 9 heteroatoms. The van der Waals surface area contributed by atoms with Gasteiger partial charge in [-0.15, -0.1) is 0 Å². The van der Waals surface area contributed by atoms with Gasteiger partial charge >= 0.3 is 0 Å². The van der Waals surface area contributed by atoms with Crippen LogP contribution in [0.1, 0.15) is 24.4 Å². The summed E-state index contributed by atoms with van der Waals surface area (Å²) in [6.07, 6.45) is 1.79. The molecule has 134 valence electrons. The normalized spacial score (nSPS) is 28.5. The van der Waals surface area contributed by atoms with E-state index in [0.29, 0.717) is 16.7 Å². The molecule has 0 saturated carbocycles. The van der Waals surface area contributed by atoms with E-state index in [9.17, 15) is 8.42 Å². The van der Waals surface area contributed by atoms with Gasteiger partial charge in [0.25, 0.3) is 0 Å². The monoisotopic (exact) mass is 394 g/mol. The highest BCUT2D eigenvalue weighted by molar-refractivity contribution is 7.90. The lowest BCUT2D eigenvalue weighted by Crippen LogP contribution is -2.42. The molecule has 2 aliphatic heterocycles. The van der Waals surface area contributed by atoms with Gasteiger partial charge < -0.3 is 4.74 Å². The summed E-state index contributed by atoms with van der Waals surface area (Å²) < 4.78 is 33.6. The first kappa shape index (κ1) is 18.4. The van der Waals surface area contributed by atoms with Crippen LogP contribution in [0, 0.1) is 0 Å². The van der Waals surface area contributed by atoms with Crippen LogP contribution in [0.5, 0.6) is 0 Å². The van der Waals surface area contributed by atoms with Gasteiger partial charge in [-0.1, -0.05) is 29.3 Å². The molecule has 24 heavy (non-hydrogen) atoms. The first-order valence-electron chi connectivity index (χ1n) is 7.79. The van der Waals surface area contributed by atoms with Gasteiger partial charge in [0, 0.05) is 20.2 Å². The van der Waals surface area contributed by atoms with Crippen LogP contribution < -0.4 is 4.72 Å². The Morgan fingerprint density at radius 3 is 2.79 bits per heavy atom. The third-order valence-electron chi connectivity index (χ3n) is 4.41. The van der Waals surface area contributed by atoms with Crippen molar-refractivity contribution in [1.29, 1.82) is 0 Å². The summed E-state index contributed by atoms with van der Waals surface area (Å²) in [6, 6.07) is 4.66. The van der Waals surface area contributed by atoms with Crippen molar-refractivity contribution < 1.29 is 18.0 Å². The Morgan fingerprint density at radius 1 is 1.33 bits per heavy atom. The summed E-state index contributed by atoms with van der Waals surface area (Å²) >= 11 is 12.0. The van der Waals surface area contributed by atoms with E-state index in [1.54, 1.807) is 30.3 Å². The second kappa shape index (κ2) is 7.45. The lowest BCUT2D eigenvalue weighted by Gasteiger charge is -2.24. The Hall–Kier alpha value is -0.410. The Morgan fingerprint density at radius 2 is 2.12 bits per heavy atom. The number of sulfonamides is 1. The number of ether oxygens (including phenoxy) is 1. The van der Waals surface area contributed by atoms with E-state index in [1.807, 2.05) is 0 Å². The third-order valence-corrected chi connectivity index (χ3v) is 6.91. The smallest absolute Gasteiger partial charge is 0.218 e. The fraction of sp³-hybridized carbons (Fsp3) is 0.600. The molecule has 2 fully saturated rings. The lowest BCUT2D eigenvalue weighted by atomic mass is 10.0. The molecule has 2 heterocycles. The number of benzene rings is 1. The van der Waals surface area contributed by atoms with Crippen LogP contribution in [0.15, 0.2) is 18.2 Å². The van der Waals surface area contributed by atoms with Gasteiger partial charge in [-0.2, -0.15) is 5.06 Å². The molecule has 0 aromatic heterocycles. The fourth-order valence-electron chi connectivity index (χ4n) is 3.10. The molecule has 1 aromatic rings. The third kappa shape index (κ3) is 3.88. The van der Waals surface area contributed by atoms with Gasteiger partial charge in [0.05, 0.1) is 28.8 Å². The summed E-state index contributed by atoms with van der Waals surface area (Å²) in [6.45, 7) is 1.06. The number of nitrogens with zero attached hydrogens (tertiary/aromatic N) is 1. The maximum atomic E-state index is 12.7. The van der Waals surface area contributed by atoms with Crippen LogP contribution in [0.4, 0.5) is 0 Å². The van der Waals surface area contributed by atoms with E-state index >= 15 is 0 Å². The van der Waals surface area contributed by atoms with Crippen molar-refractivity contribution in [1.82, 2.24) is 9.79 Å². The molecule has 0 bridgehead atoms. The fourth-order valence-corrected chi connectivity index (χ4v) is 4.95. The Kier molecular flexibility index (Phi) is 5.71. The van der Waals surface area contributed by atoms with Gasteiger partial charge in [0.1, 0.15) is 5.25 Å². The van der Waals surface area contributed by atoms with Gasteiger partial charge in [-0.3, -0.25) is 4.84 Å². The molecule has 3 atom stereocenters. The standard InChI is InChI=1S/C15H20Cl2N2O4S/c1-19-15(10-4-5-12(16)13(17)7-10)14(9-23-19)24(20,21)18-8-11-3-2-6-22-11/h4-5,7,11,14-15,18H,2-3,6,8-9H2,1H3. The molecular weight excluding hydrogens is 375 g/mol. The Bertz CT molecular complexity index is 695. The zero-order chi connectivity index (χ0) is 17.3. The van der Waals surface area contributed by atoms with Crippen molar-refractivity contribution in [2.24, 2.45) is 0 Å². The van der Waals surface area contributed by atoms with Crippen LogP contribution in [0.25, 0.3) is 0 Å². The number of halogens is 2. The average molecular weight is 395 g/mol. The lowest BCUT2D eigenvalue weighted by molar-refractivity contribution is -0.110. The van der Waals surface area contributed by atoms with Gasteiger partial charge in [0.15, 0.2) is 0 Å². The second-order valence-electron chi connectivity index (χ2n) is 6.03. The minimum absolute atomic E-state index is 0.0525. The Labute approximate surface area is 152 Å². The summed E-state index contributed by atoms with van der Waals surface area (Å²) in [5, 5.41) is 1.63. The van der Waals surface area contributed by atoms with E-state index in [-0.39, 0.29) is 19.3 Å². The zero-order valence-electron chi connectivity index (χ0n) is 13.2. The highest BCUT2D eigenvalue weighted by atomic mass is 35.5. The van der Waals surface area contributed by atoms with Gasteiger partial charge in [0.2, 0.25) is 10.0 Å². The van der Waals surface area contributed by atoms with E-state index in [1.165, 1.54) is 0 Å². The molecule has 6 nitrogen and oxygen atoms in total. The number of rotatable bonds is 5. The molecular formula is C15H20Cl2N2O4S. The average Bonchev–Trinajstić information content (AvgIpc) is 3.18. The van der Waals surface area contributed by atoms with E-state index in [0.717, 1.165) is 18.4 Å². The molecule has 0 radical (unpaired) electrons. The van der Waals surface area contributed by atoms with Crippen LogP contribution in [0.2, 0.25) is 10.0 Å². The van der Waals surface area contributed by atoms with Crippen LogP contribution in [0.3, 0.4) is 0 Å².